The second kappa shape index (κ2) is 9.91. The zero-order valence-electron chi connectivity index (χ0n) is 20.0. The zero-order valence-corrected chi connectivity index (χ0v) is 20.0. The van der Waals surface area contributed by atoms with Crippen molar-refractivity contribution in [1.82, 2.24) is 19.5 Å². The predicted molar refractivity (Wildman–Crippen MR) is 130 cm³/mol. The highest BCUT2D eigenvalue weighted by molar-refractivity contribution is 5.84. The molecule has 1 atom stereocenters. The van der Waals surface area contributed by atoms with E-state index in [1.54, 1.807) is 0 Å². The van der Waals surface area contributed by atoms with Crippen LogP contribution in [0.3, 0.4) is 0 Å². The van der Waals surface area contributed by atoms with Crippen molar-refractivity contribution in [1.29, 1.82) is 0 Å². The topological polar surface area (TPSA) is 114 Å². The van der Waals surface area contributed by atoms with Crippen LogP contribution in [0.15, 0.2) is 6.33 Å². The van der Waals surface area contributed by atoms with E-state index in [1.807, 2.05) is 20.2 Å². The molecule has 2 aromatic heterocycles. The summed E-state index contributed by atoms with van der Waals surface area (Å²) >= 11 is 0. The first-order valence-corrected chi connectivity index (χ1v) is 12.5. The van der Waals surface area contributed by atoms with Gasteiger partial charge in [0.1, 0.15) is 0 Å². The van der Waals surface area contributed by atoms with Gasteiger partial charge in [-0.15, -0.1) is 0 Å². The Morgan fingerprint density at radius 3 is 2.56 bits per heavy atom. The fourth-order valence-electron chi connectivity index (χ4n) is 5.12. The Kier molecular flexibility index (Phi) is 7.20. The molecule has 0 radical (unpaired) electrons. The standard InChI is InChI=1S/C24H41N7O/c1-16(7-6-14-24(2,3)32)27-21-20-22(31(15-26-20)19-8-4-5-9-19)30-23(29-21)28-18-12-10-17(25)11-13-18/h15-19,32H,4-14,25H2,1-3H3,(H2,27,28,29,30). The van der Waals surface area contributed by atoms with Crippen LogP contribution in [-0.2, 0) is 0 Å². The normalized spacial score (nSPS) is 23.5. The molecule has 4 rings (SSSR count). The van der Waals surface area contributed by atoms with Gasteiger partial charge in [-0.2, -0.15) is 9.97 Å². The number of nitrogens with two attached hydrogens (primary N) is 1. The monoisotopic (exact) mass is 443 g/mol. The van der Waals surface area contributed by atoms with Gasteiger partial charge in [0.05, 0.1) is 11.9 Å². The molecule has 8 nitrogen and oxygen atoms in total. The minimum Gasteiger partial charge on any atom is -0.390 e. The van der Waals surface area contributed by atoms with Gasteiger partial charge in [-0.1, -0.05) is 12.8 Å². The highest BCUT2D eigenvalue weighted by Crippen LogP contribution is 2.33. The minimum absolute atomic E-state index is 0.229. The molecule has 5 N–H and O–H groups in total. The molecule has 2 saturated carbocycles. The van der Waals surface area contributed by atoms with Crippen LogP contribution >= 0.6 is 0 Å². The maximum atomic E-state index is 10.0. The van der Waals surface area contributed by atoms with E-state index in [9.17, 15) is 5.11 Å². The Bertz CT molecular complexity index is 876. The van der Waals surface area contributed by atoms with E-state index < -0.39 is 5.60 Å². The van der Waals surface area contributed by atoms with Gasteiger partial charge < -0.3 is 26.0 Å². The molecule has 178 valence electrons. The summed E-state index contributed by atoms with van der Waals surface area (Å²) in [5, 5.41) is 17.2. The number of fused-ring (bicyclic) bond motifs is 1. The maximum absolute atomic E-state index is 10.0. The Hall–Kier alpha value is -1.93. The van der Waals surface area contributed by atoms with E-state index in [4.69, 9.17) is 20.7 Å². The van der Waals surface area contributed by atoms with E-state index in [-0.39, 0.29) is 6.04 Å². The molecule has 2 fully saturated rings. The van der Waals surface area contributed by atoms with E-state index in [2.05, 4.69) is 22.1 Å². The maximum Gasteiger partial charge on any atom is 0.227 e. The molecule has 2 aromatic rings. The number of imidazole rings is 1. The van der Waals surface area contributed by atoms with Gasteiger partial charge in [0.2, 0.25) is 5.95 Å². The van der Waals surface area contributed by atoms with Crippen LogP contribution in [0.4, 0.5) is 11.8 Å². The molecule has 2 heterocycles. The van der Waals surface area contributed by atoms with Crippen LogP contribution < -0.4 is 16.4 Å². The third-order valence-corrected chi connectivity index (χ3v) is 7.05. The van der Waals surface area contributed by atoms with Gasteiger partial charge in [-0.05, 0) is 78.6 Å². The number of aliphatic hydroxyl groups is 1. The summed E-state index contributed by atoms with van der Waals surface area (Å²) in [6.45, 7) is 5.90. The lowest BCUT2D eigenvalue weighted by Crippen LogP contribution is -2.33. The molecule has 8 heteroatoms. The van der Waals surface area contributed by atoms with Crippen LogP contribution in [-0.4, -0.2) is 48.4 Å². The first kappa shape index (κ1) is 23.2. The SMILES string of the molecule is CC(CCCC(C)(C)O)Nc1nc(NC2CCC(N)CC2)nc2c1ncn2C1CCCC1. The largest absolute Gasteiger partial charge is 0.390 e. The van der Waals surface area contributed by atoms with Gasteiger partial charge in [0.15, 0.2) is 17.0 Å². The Morgan fingerprint density at radius 2 is 1.88 bits per heavy atom. The summed E-state index contributed by atoms with van der Waals surface area (Å²) < 4.78 is 2.26. The smallest absolute Gasteiger partial charge is 0.227 e. The molecule has 0 spiro atoms. The fraction of sp³-hybridized carbons (Fsp3) is 0.792. The van der Waals surface area contributed by atoms with Crippen LogP contribution in [0.2, 0.25) is 0 Å². The number of nitrogens with one attached hydrogen (secondary N) is 2. The number of hydrogen-bond acceptors (Lipinski definition) is 7. The average molecular weight is 444 g/mol. The molecule has 0 saturated heterocycles. The highest BCUT2D eigenvalue weighted by atomic mass is 16.3. The van der Waals surface area contributed by atoms with Crippen molar-refractivity contribution in [2.75, 3.05) is 10.6 Å². The molecule has 2 aliphatic carbocycles. The number of aromatic nitrogens is 4. The molecule has 32 heavy (non-hydrogen) atoms. The van der Waals surface area contributed by atoms with Crippen LogP contribution in [0.25, 0.3) is 11.2 Å². The number of nitrogens with zero attached hydrogens (tertiary/aromatic N) is 4. The molecule has 2 aliphatic rings. The van der Waals surface area contributed by atoms with E-state index in [1.165, 1.54) is 25.7 Å². The number of hydrogen-bond donors (Lipinski definition) is 4. The fourth-order valence-corrected chi connectivity index (χ4v) is 5.12. The molecule has 1 unspecified atom stereocenters. The van der Waals surface area contributed by atoms with Gasteiger partial charge in [-0.25, -0.2) is 4.98 Å². The van der Waals surface area contributed by atoms with E-state index in [0.29, 0.717) is 24.1 Å². The summed E-state index contributed by atoms with van der Waals surface area (Å²) in [4.78, 5) is 14.5. The summed E-state index contributed by atoms with van der Waals surface area (Å²) in [7, 11) is 0. The summed E-state index contributed by atoms with van der Waals surface area (Å²) in [6, 6.07) is 1.40. The van der Waals surface area contributed by atoms with Gasteiger partial charge in [-0.3, -0.25) is 0 Å². The lowest BCUT2D eigenvalue weighted by atomic mass is 9.92. The molecule has 0 aromatic carbocycles. The van der Waals surface area contributed by atoms with Crippen LogP contribution in [0, 0.1) is 0 Å². The third kappa shape index (κ3) is 5.90. The lowest BCUT2D eigenvalue weighted by molar-refractivity contribution is 0.0680. The molecular formula is C24H41N7O. The van der Waals surface area contributed by atoms with Crippen molar-refractivity contribution >= 4 is 22.9 Å². The Balaban J connectivity index is 1.55. The number of anilines is 2. The van der Waals surface area contributed by atoms with Crippen molar-refractivity contribution < 1.29 is 5.11 Å². The van der Waals surface area contributed by atoms with Crippen molar-refractivity contribution in [3.05, 3.63) is 6.33 Å². The number of rotatable bonds is 9. The zero-order chi connectivity index (χ0) is 22.7. The van der Waals surface area contributed by atoms with Crippen molar-refractivity contribution in [2.24, 2.45) is 5.73 Å². The predicted octanol–water partition coefficient (Wildman–Crippen LogP) is 4.36. The highest BCUT2D eigenvalue weighted by Gasteiger charge is 2.24. The summed E-state index contributed by atoms with van der Waals surface area (Å²) in [5.74, 6) is 1.49. The third-order valence-electron chi connectivity index (χ3n) is 7.05. The van der Waals surface area contributed by atoms with Crippen LogP contribution in [0.5, 0.6) is 0 Å². The Labute approximate surface area is 191 Å². The molecular weight excluding hydrogens is 402 g/mol. The van der Waals surface area contributed by atoms with Crippen LogP contribution in [0.1, 0.15) is 97.4 Å². The van der Waals surface area contributed by atoms with Gasteiger partial charge in [0.25, 0.3) is 0 Å². The average Bonchev–Trinajstić information content (AvgIpc) is 3.38. The molecule has 0 aliphatic heterocycles. The molecule has 0 bridgehead atoms. The summed E-state index contributed by atoms with van der Waals surface area (Å²) in [6.07, 6.45) is 13.8. The quantitative estimate of drug-likeness (QED) is 0.455. The van der Waals surface area contributed by atoms with Crippen molar-refractivity contribution in [3.63, 3.8) is 0 Å². The van der Waals surface area contributed by atoms with Gasteiger partial charge in [0, 0.05) is 24.2 Å². The summed E-state index contributed by atoms with van der Waals surface area (Å²) in [5.41, 5.74) is 7.24. The molecule has 0 amide bonds. The first-order valence-electron chi connectivity index (χ1n) is 12.5. The minimum atomic E-state index is -0.623. The van der Waals surface area contributed by atoms with Crippen molar-refractivity contribution in [2.45, 2.75) is 121 Å². The lowest BCUT2D eigenvalue weighted by Gasteiger charge is -2.27. The van der Waals surface area contributed by atoms with E-state index >= 15 is 0 Å². The first-order chi connectivity index (χ1) is 15.3. The van der Waals surface area contributed by atoms with Gasteiger partial charge >= 0.3 is 0 Å². The second-order valence-electron chi connectivity index (χ2n) is 10.7. The van der Waals surface area contributed by atoms with Crippen molar-refractivity contribution in [3.8, 4) is 0 Å². The second-order valence-corrected chi connectivity index (χ2v) is 10.7. The Morgan fingerprint density at radius 1 is 1.16 bits per heavy atom. The van der Waals surface area contributed by atoms with E-state index in [0.717, 1.165) is 61.9 Å².